The maximum atomic E-state index is 12.3. The van der Waals surface area contributed by atoms with Crippen LogP contribution in [0.1, 0.15) is 28.4 Å². The Hall–Kier alpha value is -4.13. The van der Waals surface area contributed by atoms with Gasteiger partial charge in [-0.25, -0.2) is 0 Å². The number of ether oxygens (including phenoxy) is 2. The van der Waals surface area contributed by atoms with E-state index >= 15 is 0 Å². The van der Waals surface area contributed by atoms with Crippen molar-refractivity contribution in [2.45, 2.75) is 26.9 Å². The van der Waals surface area contributed by atoms with Gasteiger partial charge in [0.15, 0.2) is 6.10 Å². The number of hydrogen-bond acceptors (Lipinski definition) is 5. The predicted molar refractivity (Wildman–Crippen MR) is 125 cm³/mol. The zero-order chi connectivity index (χ0) is 23.8. The molecule has 0 fully saturated rings. The van der Waals surface area contributed by atoms with Crippen LogP contribution >= 0.6 is 0 Å². The summed E-state index contributed by atoms with van der Waals surface area (Å²) in [5, 5.41) is 5.23. The molecule has 7 nitrogen and oxygen atoms in total. The molecule has 0 aromatic heterocycles. The molecule has 0 saturated heterocycles. The first kappa shape index (κ1) is 23.5. The summed E-state index contributed by atoms with van der Waals surface area (Å²) in [6.45, 7) is 4.96. The van der Waals surface area contributed by atoms with Gasteiger partial charge in [0.05, 0.1) is 0 Å². The lowest BCUT2D eigenvalue weighted by molar-refractivity contribution is -0.152. The molecule has 0 aliphatic rings. The monoisotopic (exact) mass is 446 g/mol. The third-order valence-electron chi connectivity index (χ3n) is 4.81. The number of carbonyl (C=O) groups excluding carboxylic acids is 3. The van der Waals surface area contributed by atoms with Crippen LogP contribution in [0, 0.1) is 13.8 Å². The molecule has 0 aliphatic heterocycles. The lowest BCUT2D eigenvalue weighted by Crippen LogP contribution is -2.35. The number of benzene rings is 3. The van der Waals surface area contributed by atoms with E-state index in [0.29, 0.717) is 22.7 Å². The van der Waals surface area contributed by atoms with Crippen molar-refractivity contribution >= 4 is 23.5 Å². The molecule has 1 atom stereocenters. The third kappa shape index (κ3) is 6.93. The van der Waals surface area contributed by atoms with E-state index in [1.165, 1.54) is 6.92 Å². The van der Waals surface area contributed by atoms with Gasteiger partial charge in [-0.2, -0.15) is 0 Å². The van der Waals surface area contributed by atoms with E-state index in [2.05, 4.69) is 10.6 Å². The van der Waals surface area contributed by atoms with Crippen molar-refractivity contribution in [1.82, 2.24) is 5.32 Å². The molecule has 1 unspecified atom stereocenters. The molecular weight excluding hydrogens is 420 g/mol. The summed E-state index contributed by atoms with van der Waals surface area (Å²) in [5.41, 5.74) is 3.01. The SMILES string of the molecule is Cc1ccc(NC(=O)C(C)OC(=O)CNC(=O)c2ccc(Oc3ccccc3)cc2)c(C)c1. The molecule has 0 heterocycles. The van der Waals surface area contributed by atoms with Crippen molar-refractivity contribution in [2.24, 2.45) is 0 Å². The largest absolute Gasteiger partial charge is 0.457 e. The Morgan fingerprint density at radius 2 is 1.55 bits per heavy atom. The van der Waals surface area contributed by atoms with Crippen LogP contribution in [0.5, 0.6) is 11.5 Å². The molecule has 0 radical (unpaired) electrons. The van der Waals surface area contributed by atoms with Gasteiger partial charge in [0.1, 0.15) is 18.0 Å². The standard InChI is InChI=1S/C26H26N2O5/c1-17-9-14-23(18(2)15-17)28-25(30)19(3)32-24(29)16-27-26(31)20-10-12-22(13-11-20)33-21-7-5-4-6-8-21/h4-15,19H,16H2,1-3H3,(H,27,31)(H,28,30). The zero-order valence-electron chi connectivity index (χ0n) is 18.8. The number of amides is 2. The van der Waals surface area contributed by atoms with Crippen LogP contribution in [0.3, 0.4) is 0 Å². The number of rotatable bonds is 8. The van der Waals surface area contributed by atoms with Gasteiger partial charge in [-0.05, 0) is 68.8 Å². The molecule has 0 saturated carbocycles. The molecule has 3 aromatic rings. The summed E-state index contributed by atoms with van der Waals surface area (Å²) < 4.78 is 10.8. The quantitative estimate of drug-likeness (QED) is 0.501. The normalized spacial score (nSPS) is 11.2. The molecule has 3 rings (SSSR count). The minimum atomic E-state index is -1.01. The Morgan fingerprint density at radius 3 is 2.21 bits per heavy atom. The summed E-state index contributed by atoms with van der Waals surface area (Å²) in [4.78, 5) is 36.7. The Kier molecular flexibility index (Phi) is 7.81. The number of anilines is 1. The molecular formula is C26H26N2O5. The number of aryl methyl sites for hydroxylation is 2. The third-order valence-corrected chi connectivity index (χ3v) is 4.81. The second-order valence-electron chi connectivity index (χ2n) is 7.56. The van der Waals surface area contributed by atoms with Crippen LogP contribution in [0.25, 0.3) is 0 Å². The summed E-state index contributed by atoms with van der Waals surface area (Å²) in [5.74, 6) is -0.328. The van der Waals surface area contributed by atoms with Gasteiger partial charge in [0, 0.05) is 11.3 Å². The highest BCUT2D eigenvalue weighted by Crippen LogP contribution is 2.21. The van der Waals surface area contributed by atoms with Gasteiger partial charge < -0.3 is 20.1 Å². The number of carbonyl (C=O) groups is 3. The van der Waals surface area contributed by atoms with Crippen LogP contribution in [0.15, 0.2) is 72.8 Å². The van der Waals surface area contributed by atoms with Crippen molar-refractivity contribution in [3.63, 3.8) is 0 Å². The molecule has 170 valence electrons. The van der Waals surface area contributed by atoms with Gasteiger partial charge in [-0.15, -0.1) is 0 Å². The van der Waals surface area contributed by atoms with Gasteiger partial charge >= 0.3 is 5.97 Å². The fourth-order valence-electron chi connectivity index (χ4n) is 3.03. The maximum absolute atomic E-state index is 12.3. The minimum Gasteiger partial charge on any atom is -0.457 e. The molecule has 2 N–H and O–H groups in total. The smallest absolute Gasteiger partial charge is 0.326 e. The molecule has 0 aliphatic carbocycles. The zero-order valence-corrected chi connectivity index (χ0v) is 18.8. The Morgan fingerprint density at radius 1 is 0.879 bits per heavy atom. The summed E-state index contributed by atoms with van der Waals surface area (Å²) in [7, 11) is 0. The van der Waals surface area contributed by atoms with E-state index in [0.717, 1.165) is 11.1 Å². The van der Waals surface area contributed by atoms with Crippen LogP contribution in [-0.4, -0.2) is 30.4 Å². The van der Waals surface area contributed by atoms with Gasteiger partial charge in [0.2, 0.25) is 0 Å². The highest BCUT2D eigenvalue weighted by atomic mass is 16.5. The highest BCUT2D eigenvalue weighted by Gasteiger charge is 2.19. The first-order valence-electron chi connectivity index (χ1n) is 10.5. The minimum absolute atomic E-state index is 0.359. The van der Waals surface area contributed by atoms with E-state index in [9.17, 15) is 14.4 Å². The van der Waals surface area contributed by atoms with Gasteiger partial charge in [0.25, 0.3) is 11.8 Å². The van der Waals surface area contributed by atoms with E-state index in [1.807, 2.05) is 56.3 Å². The first-order valence-corrected chi connectivity index (χ1v) is 10.5. The van der Waals surface area contributed by atoms with Crippen LogP contribution in [0.4, 0.5) is 5.69 Å². The second-order valence-corrected chi connectivity index (χ2v) is 7.56. The molecule has 33 heavy (non-hydrogen) atoms. The van der Waals surface area contributed by atoms with Crippen LogP contribution in [0.2, 0.25) is 0 Å². The van der Waals surface area contributed by atoms with Gasteiger partial charge in [-0.1, -0.05) is 35.9 Å². The molecule has 3 aromatic carbocycles. The van der Waals surface area contributed by atoms with Crippen LogP contribution < -0.4 is 15.4 Å². The molecule has 0 spiro atoms. The molecule has 7 heteroatoms. The summed E-state index contributed by atoms with van der Waals surface area (Å²) in [6.07, 6.45) is -1.01. The fourth-order valence-corrected chi connectivity index (χ4v) is 3.03. The predicted octanol–water partition coefficient (Wildman–Crippen LogP) is 4.40. The van der Waals surface area contributed by atoms with Crippen molar-refractivity contribution in [3.05, 3.63) is 89.5 Å². The Balaban J connectivity index is 1.45. The highest BCUT2D eigenvalue weighted by molar-refractivity contribution is 5.97. The number of esters is 1. The van der Waals surface area contributed by atoms with Crippen molar-refractivity contribution in [1.29, 1.82) is 0 Å². The van der Waals surface area contributed by atoms with E-state index in [4.69, 9.17) is 9.47 Å². The van der Waals surface area contributed by atoms with E-state index in [1.54, 1.807) is 30.3 Å². The lowest BCUT2D eigenvalue weighted by atomic mass is 10.1. The molecule has 0 bridgehead atoms. The second kappa shape index (κ2) is 10.9. The Labute approximate surface area is 192 Å². The van der Waals surface area contributed by atoms with E-state index in [-0.39, 0.29) is 6.54 Å². The van der Waals surface area contributed by atoms with Crippen molar-refractivity contribution in [2.75, 3.05) is 11.9 Å². The van der Waals surface area contributed by atoms with E-state index < -0.39 is 23.9 Å². The van der Waals surface area contributed by atoms with Crippen molar-refractivity contribution in [3.8, 4) is 11.5 Å². The number of nitrogens with one attached hydrogen (secondary N) is 2. The Bertz CT molecular complexity index is 1130. The topological polar surface area (TPSA) is 93.7 Å². The fraction of sp³-hybridized carbons (Fsp3) is 0.192. The summed E-state index contributed by atoms with van der Waals surface area (Å²) >= 11 is 0. The number of hydrogen-bond donors (Lipinski definition) is 2. The average Bonchev–Trinajstić information content (AvgIpc) is 2.80. The molecule has 2 amide bonds. The first-order chi connectivity index (χ1) is 15.8. The lowest BCUT2D eigenvalue weighted by Gasteiger charge is -2.15. The van der Waals surface area contributed by atoms with Gasteiger partial charge in [-0.3, -0.25) is 14.4 Å². The van der Waals surface area contributed by atoms with Crippen molar-refractivity contribution < 1.29 is 23.9 Å². The maximum Gasteiger partial charge on any atom is 0.326 e. The number of para-hydroxylation sites is 1. The summed E-state index contributed by atoms with van der Waals surface area (Å²) in [6, 6.07) is 21.4. The average molecular weight is 447 g/mol. The van der Waals surface area contributed by atoms with Crippen LogP contribution in [-0.2, 0) is 14.3 Å².